The summed E-state index contributed by atoms with van der Waals surface area (Å²) >= 11 is 3.57. The zero-order chi connectivity index (χ0) is 13.1. The van der Waals surface area contributed by atoms with Gasteiger partial charge in [0.2, 0.25) is 0 Å². The fraction of sp³-hybridized carbons (Fsp3) is 0.467. The minimum Gasteiger partial charge on any atom is -0.458 e. The maximum atomic E-state index is 6.01. The molecule has 1 aromatic heterocycles. The first kappa shape index (κ1) is 13.6. The van der Waals surface area contributed by atoms with E-state index in [1.54, 1.807) is 0 Å². The van der Waals surface area contributed by atoms with Crippen LogP contribution in [-0.2, 0) is 0 Å². The molecule has 2 aromatic rings. The van der Waals surface area contributed by atoms with Gasteiger partial charge < -0.3 is 9.73 Å². The molecule has 0 spiro atoms. The second kappa shape index (κ2) is 5.89. The third-order valence-electron chi connectivity index (χ3n) is 3.11. The number of rotatable bonds is 5. The Labute approximate surface area is 117 Å². The van der Waals surface area contributed by atoms with Gasteiger partial charge in [0.05, 0.1) is 10.5 Å². The first-order valence-electron chi connectivity index (χ1n) is 6.58. The van der Waals surface area contributed by atoms with Gasteiger partial charge in [0, 0.05) is 5.39 Å². The molecule has 2 nitrogen and oxygen atoms in total. The summed E-state index contributed by atoms with van der Waals surface area (Å²) in [5.74, 6) is 1.04. The van der Waals surface area contributed by atoms with Gasteiger partial charge in [-0.25, -0.2) is 0 Å². The van der Waals surface area contributed by atoms with Crippen LogP contribution in [0.5, 0.6) is 0 Å². The Morgan fingerprint density at radius 1 is 1.28 bits per heavy atom. The van der Waals surface area contributed by atoms with Crippen molar-refractivity contribution in [2.24, 2.45) is 0 Å². The van der Waals surface area contributed by atoms with E-state index in [2.05, 4.69) is 60.2 Å². The second-order valence-corrected chi connectivity index (χ2v) is 5.57. The lowest BCUT2D eigenvalue weighted by Gasteiger charge is -2.13. The summed E-state index contributed by atoms with van der Waals surface area (Å²) in [6.45, 7) is 7.39. The lowest BCUT2D eigenvalue weighted by molar-refractivity contribution is 0.414. The van der Waals surface area contributed by atoms with Gasteiger partial charge in [-0.1, -0.05) is 20.3 Å². The molecule has 1 N–H and O–H groups in total. The number of halogens is 1. The normalized spacial score (nSPS) is 13.1. The van der Waals surface area contributed by atoms with Crippen molar-refractivity contribution in [1.82, 2.24) is 5.32 Å². The van der Waals surface area contributed by atoms with E-state index in [1.165, 1.54) is 10.9 Å². The Hall–Kier alpha value is -0.800. The molecule has 0 aliphatic carbocycles. The number of hydrogen-bond acceptors (Lipinski definition) is 2. The molecule has 0 aliphatic rings. The van der Waals surface area contributed by atoms with Crippen LogP contribution in [0.3, 0.4) is 0 Å². The predicted octanol–water partition coefficient (Wildman–Crippen LogP) is 4.95. The van der Waals surface area contributed by atoms with Crippen LogP contribution in [-0.4, -0.2) is 6.54 Å². The van der Waals surface area contributed by atoms with Crippen molar-refractivity contribution in [2.75, 3.05) is 6.54 Å². The van der Waals surface area contributed by atoms with Crippen LogP contribution in [0.25, 0.3) is 11.0 Å². The van der Waals surface area contributed by atoms with E-state index in [9.17, 15) is 0 Å². The fourth-order valence-electron chi connectivity index (χ4n) is 2.32. The van der Waals surface area contributed by atoms with Crippen molar-refractivity contribution in [3.05, 3.63) is 34.0 Å². The van der Waals surface area contributed by atoms with Gasteiger partial charge >= 0.3 is 0 Å². The summed E-state index contributed by atoms with van der Waals surface area (Å²) in [6.07, 6.45) is 2.25. The molecule has 0 bridgehead atoms. The first-order chi connectivity index (χ1) is 8.65. The van der Waals surface area contributed by atoms with Gasteiger partial charge in [-0.05, 0) is 59.6 Å². The van der Waals surface area contributed by atoms with E-state index in [0.717, 1.165) is 35.2 Å². The van der Waals surface area contributed by atoms with Crippen molar-refractivity contribution < 1.29 is 4.42 Å². The summed E-state index contributed by atoms with van der Waals surface area (Å²) in [5, 5.41) is 4.66. The van der Waals surface area contributed by atoms with E-state index in [4.69, 9.17) is 4.42 Å². The molecule has 98 valence electrons. The molecule has 0 amide bonds. The summed E-state index contributed by atoms with van der Waals surface area (Å²) in [6, 6.07) is 6.75. The summed E-state index contributed by atoms with van der Waals surface area (Å²) in [4.78, 5) is 0. The molecule has 0 saturated carbocycles. The maximum Gasteiger partial charge on any atom is 0.148 e. The number of hydrogen-bond donors (Lipinski definition) is 1. The smallest absolute Gasteiger partial charge is 0.148 e. The van der Waals surface area contributed by atoms with E-state index in [0.29, 0.717) is 6.04 Å². The van der Waals surface area contributed by atoms with Crippen LogP contribution >= 0.6 is 15.9 Å². The van der Waals surface area contributed by atoms with Gasteiger partial charge in [0.25, 0.3) is 0 Å². The highest BCUT2D eigenvalue weighted by molar-refractivity contribution is 9.10. The van der Waals surface area contributed by atoms with E-state index in [-0.39, 0.29) is 0 Å². The molecule has 0 saturated heterocycles. The zero-order valence-corrected chi connectivity index (χ0v) is 12.8. The Kier molecular flexibility index (Phi) is 4.46. The molecule has 1 heterocycles. The zero-order valence-electron chi connectivity index (χ0n) is 11.2. The lowest BCUT2D eigenvalue weighted by atomic mass is 10.1. The second-order valence-electron chi connectivity index (χ2n) is 4.71. The Balaban J connectivity index is 2.41. The van der Waals surface area contributed by atoms with Crippen molar-refractivity contribution in [1.29, 1.82) is 0 Å². The predicted molar refractivity (Wildman–Crippen MR) is 80.0 cm³/mol. The average molecular weight is 310 g/mol. The van der Waals surface area contributed by atoms with Crippen molar-refractivity contribution >= 4 is 26.9 Å². The SMILES string of the molecule is CCCC(NCC)c1cc2cc(C)cc(Br)c2o1. The van der Waals surface area contributed by atoms with Crippen molar-refractivity contribution in [3.63, 3.8) is 0 Å². The van der Waals surface area contributed by atoms with Gasteiger partial charge in [0.1, 0.15) is 11.3 Å². The summed E-state index contributed by atoms with van der Waals surface area (Å²) < 4.78 is 7.05. The summed E-state index contributed by atoms with van der Waals surface area (Å²) in [5.41, 5.74) is 2.20. The van der Waals surface area contributed by atoms with Crippen LogP contribution in [0, 0.1) is 6.92 Å². The van der Waals surface area contributed by atoms with Crippen LogP contribution < -0.4 is 5.32 Å². The molecule has 0 fully saturated rings. The van der Waals surface area contributed by atoms with Gasteiger partial charge in [-0.3, -0.25) is 0 Å². The topological polar surface area (TPSA) is 25.2 Å². The summed E-state index contributed by atoms with van der Waals surface area (Å²) in [7, 11) is 0. The van der Waals surface area contributed by atoms with Crippen molar-refractivity contribution in [3.8, 4) is 0 Å². The quantitative estimate of drug-likeness (QED) is 0.845. The van der Waals surface area contributed by atoms with Gasteiger partial charge in [0.15, 0.2) is 0 Å². The number of benzene rings is 1. The molecule has 3 heteroatoms. The minimum atomic E-state index is 0.319. The average Bonchev–Trinajstić information content (AvgIpc) is 2.72. The highest BCUT2D eigenvalue weighted by Crippen LogP contribution is 2.32. The molecule has 1 aromatic carbocycles. The molecular weight excluding hydrogens is 290 g/mol. The minimum absolute atomic E-state index is 0.319. The highest BCUT2D eigenvalue weighted by atomic mass is 79.9. The molecule has 0 radical (unpaired) electrons. The van der Waals surface area contributed by atoms with E-state index >= 15 is 0 Å². The molecule has 1 atom stereocenters. The number of aryl methyl sites for hydroxylation is 1. The van der Waals surface area contributed by atoms with Crippen LogP contribution in [0.2, 0.25) is 0 Å². The van der Waals surface area contributed by atoms with Gasteiger partial charge in [-0.2, -0.15) is 0 Å². The largest absolute Gasteiger partial charge is 0.458 e. The Morgan fingerprint density at radius 3 is 2.72 bits per heavy atom. The number of furan rings is 1. The van der Waals surface area contributed by atoms with E-state index < -0.39 is 0 Å². The van der Waals surface area contributed by atoms with E-state index in [1.807, 2.05) is 0 Å². The monoisotopic (exact) mass is 309 g/mol. The van der Waals surface area contributed by atoms with Gasteiger partial charge in [-0.15, -0.1) is 0 Å². The first-order valence-corrected chi connectivity index (χ1v) is 7.38. The van der Waals surface area contributed by atoms with Crippen LogP contribution in [0.1, 0.15) is 44.1 Å². The number of nitrogens with one attached hydrogen (secondary N) is 1. The lowest BCUT2D eigenvalue weighted by Crippen LogP contribution is -2.20. The molecule has 0 aliphatic heterocycles. The molecule has 1 unspecified atom stereocenters. The third-order valence-corrected chi connectivity index (χ3v) is 3.69. The number of fused-ring (bicyclic) bond motifs is 1. The molecular formula is C15H20BrNO. The fourth-order valence-corrected chi connectivity index (χ4v) is 2.99. The van der Waals surface area contributed by atoms with Crippen LogP contribution in [0.4, 0.5) is 0 Å². The standard InChI is InChI=1S/C15H20BrNO/c1-4-6-13(17-5-2)14-9-11-7-10(3)8-12(16)15(11)18-14/h7-9,13,17H,4-6H2,1-3H3. The third kappa shape index (κ3) is 2.78. The molecule has 18 heavy (non-hydrogen) atoms. The van der Waals surface area contributed by atoms with Crippen molar-refractivity contribution in [2.45, 2.75) is 39.7 Å². The van der Waals surface area contributed by atoms with Crippen LogP contribution in [0.15, 0.2) is 27.1 Å². The Bertz CT molecular complexity index is 527. The highest BCUT2D eigenvalue weighted by Gasteiger charge is 2.15. The molecule has 2 rings (SSSR count). The maximum absolute atomic E-state index is 6.01. The Morgan fingerprint density at radius 2 is 2.06 bits per heavy atom.